The molecule has 2 heterocycles. The average Bonchev–Trinajstić information content (AvgIpc) is 2.89. The number of nitrogens with zero attached hydrogens (tertiary/aromatic N) is 4. The lowest BCUT2D eigenvalue weighted by Crippen LogP contribution is -2.37. The summed E-state index contributed by atoms with van der Waals surface area (Å²) in [4.78, 5) is 23.3. The summed E-state index contributed by atoms with van der Waals surface area (Å²) >= 11 is 0. The van der Waals surface area contributed by atoms with E-state index >= 15 is 0 Å². The van der Waals surface area contributed by atoms with Crippen molar-refractivity contribution in [2.45, 2.75) is 25.9 Å². The van der Waals surface area contributed by atoms with Gasteiger partial charge in [0.2, 0.25) is 5.95 Å². The minimum Gasteiger partial charge on any atom is -0.490 e. The Morgan fingerprint density at radius 1 is 1.12 bits per heavy atom. The first-order chi connectivity index (χ1) is 16.6. The molecule has 2 aromatic carbocycles. The van der Waals surface area contributed by atoms with Crippen molar-refractivity contribution in [1.29, 1.82) is 5.26 Å². The predicted octanol–water partition coefficient (Wildman–Crippen LogP) is 4.00. The molecule has 0 radical (unpaired) electrons. The topological polar surface area (TPSA) is 103 Å². The van der Waals surface area contributed by atoms with Crippen molar-refractivity contribution in [2.24, 2.45) is 0 Å². The number of likely N-dealkylation sites (tertiary alicyclic amines) is 1. The van der Waals surface area contributed by atoms with Crippen LogP contribution < -0.4 is 15.4 Å². The van der Waals surface area contributed by atoms with Crippen LogP contribution >= 0.6 is 0 Å². The van der Waals surface area contributed by atoms with E-state index in [-0.39, 0.29) is 18.6 Å². The van der Waals surface area contributed by atoms with Gasteiger partial charge in [-0.25, -0.2) is 9.97 Å². The van der Waals surface area contributed by atoms with Gasteiger partial charge in [-0.1, -0.05) is 19.1 Å². The molecule has 8 nitrogen and oxygen atoms in total. The Morgan fingerprint density at radius 3 is 2.53 bits per heavy atom. The number of anilines is 2. The molecule has 3 aromatic rings. The molecule has 0 saturated carbocycles. The molecule has 1 aromatic heterocycles. The Kier molecular flexibility index (Phi) is 7.68. The van der Waals surface area contributed by atoms with Gasteiger partial charge >= 0.3 is 0 Å². The summed E-state index contributed by atoms with van der Waals surface area (Å²) in [5.74, 6) is 1.07. The first kappa shape index (κ1) is 23.2. The molecule has 0 aliphatic carbocycles. The number of piperidine rings is 1. The van der Waals surface area contributed by atoms with Gasteiger partial charge < -0.3 is 20.3 Å². The summed E-state index contributed by atoms with van der Waals surface area (Å²) in [6.07, 6.45) is 4.07. The van der Waals surface area contributed by atoms with Crippen LogP contribution in [0.3, 0.4) is 0 Å². The fourth-order valence-corrected chi connectivity index (χ4v) is 3.88. The summed E-state index contributed by atoms with van der Waals surface area (Å²) in [5.41, 5.74) is 2.96. The van der Waals surface area contributed by atoms with Gasteiger partial charge in [0.25, 0.3) is 5.91 Å². The fraction of sp³-hybridized carbons (Fsp3) is 0.308. The molecule has 0 spiro atoms. The first-order valence-corrected chi connectivity index (χ1v) is 11.5. The van der Waals surface area contributed by atoms with E-state index < -0.39 is 0 Å². The lowest BCUT2D eigenvalue weighted by molar-refractivity contribution is 0.0958. The zero-order chi connectivity index (χ0) is 23.8. The molecule has 1 saturated heterocycles. The highest BCUT2D eigenvalue weighted by Crippen LogP contribution is 2.23. The minimum atomic E-state index is -0.281. The van der Waals surface area contributed by atoms with Crippen molar-refractivity contribution >= 4 is 17.5 Å². The number of aromatic nitrogens is 2. The lowest BCUT2D eigenvalue weighted by atomic mass is 10.1. The number of amides is 1. The van der Waals surface area contributed by atoms with Crippen LogP contribution in [0.15, 0.2) is 60.8 Å². The van der Waals surface area contributed by atoms with Crippen molar-refractivity contribution in [3.63, 3.8) is 0 Å². The third kappa shape index (κ3) is 6.09. The maximum Gasteiger partial charge on any atom is 0.252 e. The van der Waals surface area contributed by atoms with Gasteiger partial charge in [0, 0.05) is 36.1 Å². The lowest BCUT2D eigenvalue weighted by Gasteiger charge is -2.31. The molecule has 1 aliphatic rings. The van der Waals surface area contributed by atoms with Gasteiger partial charge in [0.05, 0.1) is 11.8 Å². The van der Waals surface area contributed by atoms with Crippen molar-refractivity contribution in [3.05, 3.63) is 66.4 Å². The number of nitriles is 1. The molecule has 0 atom stereocenters. The van der Waals surface area contributed by atoms with Crippen LogP contribution in [-0.2, 0) is 0 Å². The molecule has 0 bridgehead atoms. The van der Waals surface area contributed by atoms with Gasteiger partial charge in [0.1, 0.15) is 18.4 Å². The third-order valence-electron chi connectivity index (χ3n) is 5.82. The second kappa shape index (κ2) is 11.3. The van der Waals surface area contributed by atoms with Crippen LogP contribution in [0.5, 0.6) is 5.75 Å². The summed E-state index contributed by atoms with van der Waals surface area (Å²) < 4.78 is 6.15. The van der Waals surface area contributed by atoms with E-state index in [1.165, 1.54) is 0 Å². The molecule has 1 amide bonds. The molecular weight excluding hydrogens is 428 g/mol. The number of carbonyl (C=O) groups excluding carboxylic acids is 1. The zero-order valence-electron chi connectivity index (χ0n) is 19.2. The van der Waals surface area contributed by atoms with Crippen molar-refractivity contribution in [3.8, 4) is 23.1 Å². The SMILES string of the molecule is CCN1CCC(Oc2ccc(Nc3nccc(-c4ccc(C(=O)NCC#N)cc4)n3)cc2)CC1. The third-order valence-corrected chi connectivity index (χ3v) is 5.82. The summed E-state index contributed by atoms with van der Waals surface area (Å²) in [7, 11) is 0. The molecule has 2 N–H and O–H groups in total. The van der Waals surface area contributed by atoms with Crippen LogP contribution in [-0.4, -0.2) is 53.1 Å². The summed E-state index contributed by atoms with van der Waals surface area (Å²) in [6, 6.07) is 18.6. The molecule has 174 valence electrons. The van der Waals surface area contributed by atoms with Gasteiger partial charge in [-0.3, -0.25) is 4.79 Å². The molecule has 4 rings (SSSR count). The number of benzene rings is 2. The van der Waals surface area contributed by atoms with Crippen molar-refractivity contribution < 1.29 is 9.53 Å². The highest BCUT2D eigenvalue weighted by Gasteiger charge is 2.19. The molecule has 1 fully saturated rings. The van der Waals surface area contributed by atoms with Gasteiger partial charge in [-0.2, -0.15) is 5.26 Å². The van der Waals surface area contributed by atoms with E-state index in [4.69, 9.17) is 10.00 Å². The molecule has 8 heteroatoms. The average molecular weight is 457 g/mol. The van der Waals surface area contributed by atoms with Gasteiger partial charge in [0.15, 0.2) is 0 Å². The number of hydrogen-bond acceptors (Lipinski definition) is 7. The monoisotopic (exact) mass is 456 g/mol. The number of nitrogens with one attached hydrogen (secondary N) is 2. The fourth-order valence-electron chi connectivity index (χ4n) is 3.88. The maximum atomic E-state index is 12.0. The first-order valence-electron chi connectivity index (χ1n) is 11.5. The van der Waals surface area contributed by atoms with E-state index in [0.29, 0.717) is 11.5 Å². The quantitative estimate of drug-likeness (QED) is 0.494. The van der Waals surface area contributed by atoms with Gasteiger partial charge in [-0.05, 0) is 61.9 Å². The summed E-state index contributed by atoms with van der Waals surface area (Å²) in [6.45, 7) is 5.45. The smallest absolute Gasteiger partial charge is 0.252 e. The minimum absolute atomic E-state index is 0.0209. The van der Waals surface area contributed by atoms with Crippen LogP contribution in [0, 0.1) is 11.3 Å². The van der Waals surface area contributed by atoms with E-state index in [0.717, 1.165) is 55.2 Å². The maximum absolute atomic E-state index is 12.0. The highest BCUT2D eigenvalue weighted by atomic mass is 16.5. The Morgan fingerprint density at radius 2 is 1.85 bits per heavy atom. The van der Waals surface area contributed by atoms with E-state index in [9.17, 15) is 4.79 Å². The second-order valence-corrected chi connectivity index (χ2v) is 8.08. The Bertz CT molecular complexity index is 1130. The number of ether oxygens (including phenoxy) is 1. The van der Waals surface area contributed by atoms with Crippen LogP contribution in [0.25, 0.3) is 11.3 Å². The van der Waals surface area contributed by atoms with E-state index in [1.807, 2.05) is 48.5 Å². The largest absolute Gasteiger partial charge is 0.490 e. The normalized spacial score (nSPS) is 14.2. The second-order valence-electron chi connectivity index (χ2n) is 8.08. The molecular formula is C26H28N6O2. The summed E-state index contributed by atoms with van der Waals surface area (Å²) in [5, 5.41) is 14.4. The molecule has 0 unspecified atom stereocenters. The Balaban J connectivity index is 1.36. The van der Waals surface area contributed by atoms with E-state index in [2.05, 4.69) is 32.4 Å². The van der Waals surface area contributed by atoms with Crippen LogP contribution in [0.1, 0.15) is 30.1 Å². The number of hydrogen-bond donors (Lipinski definition) is 2. The van der Waals surface area contributed by atoms with Crippen molar-refractivity contribution in [1.82, 2.24) is 20.2 Å². The number of rotatable bonds is 8. The highest BCUT2D eigenvalue weighted by molar-refractivity contribution is 5.94. The Labute approximate surface area is 199 Å². The predicted molar refractivity (Wildman–Crippen MR) is 131 cm³/mol. The zero-order valence-corrected chi connectivity index (χ0v) is 19.2. The van der Waals surface area contributed by atoms with Crippen LogP contribution in [0.4, 0.5) is 11.6 Å². The molecule has 1 aliphatic heterocycles. The standard InChI is InChI=1S/C26H28N6O2/c1-2-32-17-12-23(13-18-32)34-22-9-7-21(8-10-22)30-26-29-15-11-24(31-26)19-3-5-20(6-4-19)25(33)28-16-14-27/h3-11,15,23H,2,12-13,16-18H2,1H3,(H,28,33)(H,29,30,31). The van der Waals surface area contributed by atoms with Gasteiger partial charge in [-0.15, -0.1) is 0 Å². The van der Waals surface area contributed by atoms with Crippen molar-refractivity contribution in [2.75, 3.05) is 31.5 Å². The molecule has 34 heavy (non-hydrogen) atoms. The number of carbonyl (C=O) groups is 1. The van der Waals surface area contributed by atoms with E-state index in [1.54, 1.807) is 18.3 Å². The Hall–Kier alpha value is -3.96. The van der Waals surface area contributed by atoms with Crippen LogP contribution in [0.2, 0.25) is 0 Å².